The summed E-state index contributed by atoms with van der Waals surface area (Å²) < 4.78 is 0. The van der Waals surface area contributed by atoms with Crippen molar-refractivity contribution >= 4 is 11.4 Å². The molecule has 1 saturated carbocycles. The van der Waals surface area contributed by atoms with Gasteiger partial charge in [0.1, 0.15) is 6.07 Å². The maximum absolute atomic E-state index is 10.7. The summed E-state index contributed by atoms with van der Waals surface area (Å²) in [5.41, 5.74) is 0.975. The molecule has 2 atom stereocenters. The number of benzene rings is 1. The number of hydrogen-bond donors (Lipinski definition) is 1. The molecule has 100 valence electrons. The first-order valence-electron chi connectivity index (χ1n) is 6.54. The summed E-state index contributed by atoms with van der Waals surface area (Å²) in [7, 11) is 0. The highest BCUT2D eigenvalue weighted by Crippen LogP contribution is 2.31. The van der Waals surface area contributed by atoms with E-state index in [1.54, 1.807) is 6.07 Å². The van der Waals surface area contributed by atoms with Gasteiger partial charge in [-0.3, -0.25) is 10.1 Å². The zero-order valence-electron chi connectivity index (χ0n) is 10.9. The lowest BCUT2D eigenvalue weighted by molar-refractivity contribution is -0.384. The Hall–Kier alpha value is -2.09. The van der Waals surface area contributed by atoms with Gasteiger partial charge < -0.3 is 5.32 Å². The van der Waals surface area contributed by atoms with Crippen LogP contribution in [0.4, 0.5) is 11.4 Å². The van der Waals surface area contributed by atoms with E-state index in [9.17, 15) is 10.1 Å². The molecule has 1 aromatic carbocycles. The zero-order chi connectivity index (χ0) is 13.8. The third kappa shape index (κ3) is 3.02. The van der Waals surface area contributed by atoms with Crippen LogP contribution in [0, 0.1) is 33.3 Å². The van der Waals surface area contributed by atoms with Gasteiger partial charge in [-0.25, -0.2) is 0 Å². The molecule has 0 heterocycles. The molecule has 0 radical (unpaired) electrons. The van der Waals surface area contributed by atoms with Crippen LogP contribution >= 0.6 is 0 Å². The Kier molecular flexibility index (Phi) is 4.00. The van der Waals surface area contributed by atoms with Crippen molar-refractivity contribution in [2.24, 2.45) is 11.8 Å². The normalized spacial score (nSPS) is 21.9. The first-order chi connectivity index (χ1) is 9.11. The zero-order valence-corrected chi connectivity index (χ0v) is 10.9. The van der Waals surface area contributed by atoms with Crippen molar-refractivity contribution in [2.75, 3.05) is 11.9 Å². The molecule has 5 nitrogen and oxygen atoms in total. The second kappa shape index (κ2) is 5.70. The van der Waals surface area contributed by atoms with Gasteiger partial charge in [-0.1, -0.05) is 19.8 Å². The van der Waals surface area contributed by atoms with E-state index >= 15 is 0 Å². The molecular formula is C14H17N3O2. The molecule has 0 amide bonds. The molecule has 2 unspecified atom stereocenters. The summed E-state index contributed by atoms with van der Waals surface area (Å²) in [6.45, 7) is 3.08. The Morgan fingerprint density at radius 3 is 2.89 bits per heavy atom. The van der Waals surface area contributed by atoms with Crippen molar-refractivity contribution in [2.45, 2.75) is 26.2 Å². The van der Waals surface area contributed by atoms with Crippen LogP contribution in [-0.2, 0) is 0 Å². The second-order valence-corrected chi connectivity index (χ2v) is 5.15. The summed E-state index contributed by atoms with van der Waals surface area (Å²) >= 11 is 0. The average Bonchev–Trinajstić information content (AvgIpc) is 2.81. The SMILES string of the molecule is CC1CCCC1CNc1ccc([N+](=O)[O-])cc1C#N. The third-order valence-electron chi connectivity index (χ3n) is 3.93. The molecule has 1 aliphatic rings. The van der Waals surface area contributed by atoms with Gasteiger partial charge in [-0.15, -0.1) is 0 Å². The minimum Gasteiger partial charge on any atom is -0.384 e. The van der Waals surface area contributed by atoms with Crippen LogP contribution in [0.2, 0.25) is 0 Å². The molecule has 0 spiro atoms. The molecule has 0 aliphatic heterocycles. The Balaban J connectivity index is 2.08. The third-order valence-corrected chi connectivity index (χ3v) is 3.93. The largest absolute Gasteiger partial charge is 0.384 e. The van der Waals surface area contributed by atoms with E-state index in [1.165, 1.54) is 31.4 Å². The predicted molar refractivity (Wildman–Crippen MR) is 72.8 cm³/mol. The van der Waals surface area contributed by atoms with Gasteiger partial charge in [0.25, 0.3) is 5.69 Å². The topological polar surface area (TPSA) is 79.0 Å². The Labute approximate surface area is 112 Å². The molecule has 0 saturated heterocycles. The number of nitrogens with zero attached hydrogens (tertiary/aromatic N) is 2. The summed E-state index contributed by atoms with van der Waals surface area (Å²) in [4.78, 5) is 10.2. The van der Waals surface area contributed by atoms with Crippen LogP contribution in [-0.4, -0.2) is 11.5 Å². The molecule has 1 aliphatic carbocycles. The predicted octanol–water partition coefficient (Wildman–Crippen LogP) is 3.31. The number of hydrogen-bond acceptors (Lipinski definition) is 4. The monoisotopic (exact) mass is 259 g/mol. The van der Waals surface area contributed by atoms with E-state index in [4.69, 9.17) is 5.26 Å². The molecule has 2 rings (SSSR count). The fourth-order valence-electron chi connectivity index (χ4n) is 2.66. The summed E-state index contributed by atoms with van der Waals surface area (Å²) in [6, 6.07) is 6.38. The van der Waals surface area contributed by atoms with Gasteiger partial charge in [0.15, 0.2) is 0 Å². The van der Waals surface area contributed by atoms with Gasteiger partial charge in [0, 0.05) is 18.7 Å². The van der Waals surface area contributed by atoms with Crippen molar-refractivity contribution < 1.29 is 4.92 Å². The van der Waals surface area contributed by atoms with Gasteiger partial charge in [0.2, 0.25) is 0 Å². The summed E-state index contributed by atoms with van der Waals surface area (Å²) in [5.74, 6) is 1.33. The lowest BCUT2D eigenvalue weighted by Crippen LogP contribution is -2.17. The molecular weight excluding hydrogens is 242 g/mol. The number of nitro benzene ring substituents is 1. The van der Waals surface area contributed by atoms with Crippen molar-refractivity contribution in [1.82, 2.24) is 0 Å². The van der Waals surface area contributed by atoms with Crippen LogP contribution in [0.25, 0.3) is 0 Å². The van der Waals surface area contributed by atoms with Crippen LogP contribution < -0.4 is 5.32 Å². The number of nitro groups is 1. The molecule has 1 aromatic rings. The number of nitrogens with one attached hydrogen (secondary N) is 1. The highest BCUT2D eigenvalue weighted by molar-refractivity contribution is 5.61. The highest BCUT2D eigenvalue weighted by atomic mass is 16.6. The maximum atomic E-state index is 10.7. The minimum atomic E-state index is -0.482. The molecule has 0 bridgehead atoms. The van der Waals surface area contributed by atoms with Crippen molar-refractivity contribution in [1.29, 1.82) is 5.26 Å². The average molecular weight is 259 g/mol. The van der Waals surface area contributed by atoms with Crippen LogP contribution in [0.3, 0.4) is 0 Å². The molecule has 0 aromatic heterocycles. The summed E-state index contributed by atoms with van der Waals surface area (Å²) in [6.07, 6.45) is 3.74. The molecule has 1 fully saturated rings. The van der Waals surface area contributed by atoms with E-state index in [0.29, 0.717) is 23.1 Å². The maximum Gasteiger partial charge on any atom is 0.270 e. The van der Waals surface area contributed by atoms with E-state index in [0.717, 1.165) is 6.54 Å². The second-order valence-electron chi connectivity index (χ2n) is 5.15. The molecule has 19 heavy (non-hydrogen) atoms. The number of anilines is 1. The quantitative estimate of drug-likeness (QED) is 0.664. The Morgan fingerprint density at radius 2 is 2.32 bits per heavy atom. The van der Waals surface area contributed by atoms with E-state index < -0.39 is 4.92 Å². The Bertz CT molecular complexity index is 522. The lowest BCUT2D eigenvalue weighted by Gasteiger charge is -2.17. The van der Waals surface area contributed by atoms with Crippen LogP contribution in [0.15, 0.2) is 18.2 Å². The van der Waals surface area contributed by atoms with Crippen molar-refractivity contribution in [3.05, 3.63) is 33.9 Å². The van der Waals surface area contributed by atoms with Gasteiger partial charge in [-0.2, -0.15) is 5.26 Å². The van der Waals surface area contributed by atoms with Gasteiger partial charge in [-0.05, 0) is 24.3 Å². The van der Waals surface area contributed by atoms with E-state index in [2.05, 4.69) is 12.2 Å². The number of non-ortho nitro benzene ring substituents is 1. The lowest BCUT2D eigenvalue weighted by atomic mass is 9.98. The van der Waals surface area contributed by atoms with E-state index in [1.807, 2.05) is 6.07 Å². The first kappa shape index (κ1) is 13.3. The number of nitriles is 1. The first-order valence-corrected chi connectivity index (χ1v) is 6.54. The fourth-order valence-corrected chi connectivity index (χ4v) is 2.66. The van der Waals surface area contributed by atoms with Crippen molar-refractivity contribution in [3.63, 3.8) is 0 Å². The smallest absolute Gasteiger partial charge is 0.270 e. The fraction of sp³-hybridized carbons (Fsp3) is 0.500. The van der Waals surface area contributed by atoms with Gasteiger partial charge >= 0.3 is 0 Å². The van der Waals surface area contributed by atoms with Crippen LogP contribution in [0.1, 0.15) is 31.7 Å². The Morgan fingerprint density at radius 1 is 1.53 bits per heavy atom. The standard InChI is InChI=1S/C14H17N3O2/c1-10-3-2-4-11(10)9-16-14-6-5-13(17(18)19)7-12(14)8-15/h5-7,10-11,16H,2-4,9H2,1H3. The van der Waals surface area contributed by atoms with Gasteiger partial charge in [0.05, 0.1) is 16.2 Å². The number of rotatable bonds is 4. The molecule has 1 N–H and O–H groups in total. The molecule has 5 heteroatoms. The van der Waals surface area contributed by atoms with E-state index in [-0.39, 0.29) is 5.69 Å². The van der Waals surface area contributed by atoms with Crippen LogP contribution in [0.5, 0.6) is 0 Å². The minimum absolute atomic E-state index is 0.0451. The van der Waals surface area contributed by atoms with Crippen molar-refractivity contribution in [3.8, 4) is 6.07 Å². The highest BCUT2D eigenvalue weighted by Gasteiger charge is 2.23. The summed E-state index contributed by atoms with van der Waals surface area (Å²) in [5, 5.41) is 23.0.